The molecule has 98 valence electrons. The monoisotopic (exact) mass is 238 g/mol. The van der Waals surface area contributed by atoms with E-state index in [1.54, 1.807) is 0 Å². The Hall–Kier alpha value is -0.830. The van der Waals surface area contributed by atoms with Crippen LogP contribution in [0.2, 0.25) is 0 Å². The minimum atomic E-state index is 0.0379. The fraction of sp³-hybridized carbons (Fsp3) is 0.786. The smallest absolute Gasteiger partial charge is 0.0596 e. The van der Waals surface area contributed by atoms with Gasteiger partial charge in [0.05, 0.1) is 5.69 Å². The van der Waals surface area contributed by atoms with E-state index in [0.717, 1.165) is 25.0 Å². The third-order valence-electron chi connectivity index (χ3n) is 3.80. The summed E-state index contributed by atoms with van der Waals surface area (Å²) in [6.45, 7) is 6.66. The molecule has 3 heteroatoms. The van der Waals surface area contributed by atoms with Crippen LogP contribution in [-0.2, 0) is 13.5 Å². The summed E-state index contributed by atoms with van der Waals surface area (Å²) in [5, 5.41) is 14.1. The number of hydrogen-bond donors (Lipinski definition) is 1. The van der Waals surface area contributed by atoms with E-state index in [2.05, 4.69) is 25.0 Å². The molecule has 1 rings (SSSR count). The molecule has 1 aromatic rings. The second-order valence-corrected chi connectivity index (χ2v) is 5.19. The van der Waals surface area contributed by atoms with E-state index in [1.807, 2.05) is 18.7 Å². The molecule has 0 aliphatic heterocycles. The molecule has 3 nitrogen and oxygen atoms in total. The highest BCUT2D eigenvalue weighted by molar-refractivity contribution is 5.11. The number of aromatic nitrogens is 2. The number of rotatable bonds is 7. The molecule has 1 atom stereocenters. The number of aliphatic hydroxyl groups is 1. The summed E-state index contributed by atoms with van der Waals surface area (Å²) in [5.41, 5.74) is 2.33. The van der Waals surface area contributed by atoms with Gasteiger partial charge in [0, 0.05) is 19.3 Å². The molecule has 0 aliphatic rings. The van der Waals surface area contributed by atoms with E-state index in [-0.39, 0.29) is 12.0 Å². The number of nitrogens with zero attached hydrogens (tertiary/aromatic N) is 2. The SMILES string of the molecule is CCCCC(CC)(CO)Cc1cc(C)nn1C. The van der Waals surface area contributed by atoms with Crippen molar-refractivity contribution in [3.8, 4) is 0 Å². The first-order chi connectivity index (χ1) is 8.06. The Bertz CT molecular complexity index is 340. The topological polar surface area (TPSA) is 38.1 Å². The van der Waals surface area contributed by atoms with Gasteiger partial charge in [0.2, 0.25) is 0 Å². The minimum absolute atomic E-state index is 0.0379. The predicted octanol–water partition coefficient (Wildman–Crippen LogP) is 2.85. The van der Waals surface area contributed by atoms with Gasteiger partial charge in [0.1, 0.15) is 0 Å². The summed E-state index contributed by atoms with van der Waals surface area (Å²) in [5.74, 6) is 0. The van der Waals surface area contributed by atoms with Gasteiger partial charge >= 0.3 is 0 Å². The average molecular weight is 238 g/mol. The second kappa shape index (κ2) is 6.20. The normalized spacial score (nSPS) is 14.9. The number of aryl methyl sites for hydroxylation is 2. The maximum absolute atomic E-state index is 9.73. The van der Waals surface area contributed by atoms with Crippen LogP contribution in [0.25, 0.3) is 0 Å². The van der Waals surface area contributed by atoms with E-state index in [4.69, 9.17) is 0 Å². The molecule has 1 aromatic heterocycles. The van der Waals surface area contributed by atoms with Crippen molar-refractivity contribution < 1.29 is 5.11 Å². The molecular weight excluding hydrogens is 212 g/mol. The molecule has 0 bridgehead atoms. The highest BCUT2D eigenvalue weighted by Gasteiger charge is 2.28. The quantitative estimate of drug-likeness (QED) is 0.793. The summed E-state index contributed by atoms with van der Waals surface area (Å²) in [4.78, 5) is 0. The summed E-state index contributed by atoms with van der Waals surface area (Å²) in [7, 11) is 1.99. The lowest BCUT2D eigenvalue weighted by molar-refractivity contribution is 0.105. The van der Waals surface area contributed by atoms with Crippen LogP contribution in [0.4, 0.5) is 0 Å². The van der Waals surface area contributed by atoms with Crippen molar-refractivity contribution in [1.82, 2.24) is 9.78 Å². The highest BCUT2D eigenvalue weighted by atomic mass is 16.3. The molecular formula is C14H26N2O. The number of hydrogen-bond acceptors (Lipinski definition) is 2. The van der Waals surface area contributed by atoms with Crippen LogP contribution in [0.3, 0.4) is 0 Å². The third-order valence-corrected chi connectivity index (χ3v) is 3.80. The van der Waals surface area contributed by atoms with Gasteiger partial charge in [-0.1, -0.05) is 26.7 Å². The Balaban J connectivity index is 2.81. The van der Waals surface area contributed by atoms with Gasteiger partial charge in [-0.3, -0.25) is 4.68 Å². The van der Waals surface area contributed by atoms with E-state index in [0.29, 0.717) is 0 Å². The van der Waals surface area contributed by atoms with Gasteiger partial charge < -0.3 is 5.11 Å². The highest BCUT2D eigenvalue weighted by Crippen LogP contribution is 2.32. The molecule has 0 spiro atoms. The first-order valence-electron chi connectivity index (χ1n) is 6.67. The van der Waals surface area contributed by atoms with Gasteiger partial charge in [0.25, 0.3) is 0 Å². The Kier molecular flexibility index (Phi) is 5.19. The van der Waals surface area contributed by atoms with E-state index < -0.39 is 0 Å². The molecule has 1 unspecified atom stereocenters. The van der Waals surface area contributed by atoms with Gasteiger partial charge in [-0.05, 0) is 37.7 Å². The van der Waals surface area contributed by atoms with Gasteiger partial charge in [-0.15, -0.1) is 0 Å². The van der Waals surface area contributed by atoms with Crippen molar-refractivity contribution in [3.63, 3.8) is 0 Å². The Morgan fingerprint density at radius 3 is 2.53 bits per heavy atom. The van der Waals surface area contributed by atoms with Crippen LogP contribution in [0, 0.1) is 12.3 Å². The molecule has 17 heavy (non-hydrogen) atoms. The number of unbranched alkanes of at least 4 members (excludes halogenated alkanes) is 1. The van der Waals surface area contributed by atoms with Crippen LogP contribution in [0.5, 0.6) is 0 Å². The molecule has 0 radical (unpaired) electrons. The summed E-state index contributed by atoms with van der Waals surface area (Å²) < 4.78 is 1.95. The van der Waals surface area contributed by atoms with Gasteiger partial charge in [-0.25, -0.2) is 0 Å². The molecule has 0 saturated carbocycles. The van der Waals surface area contributed by atoms with Crippen LogP contribution in [0.15, 0.2) is 6.07 Å². The molecule has 0 amide bonds. The lowest BCUT2D eigenvalue weighted by Crippen LogP contribution is -2.28. The third kappa shape index (κ3) is 3.56. The lowest BCUT2D eigenvalue weighted by atomic mass is 9.77. The summed E-state index contributed by atoms with van der Waals surface area (Å²) >= 11 is 0. The maximum Gasteiger partial charge on any atom is 0.0596 e. The van der Waals surface area contributed by atoms with Crippen LogP contribution >= 0.6 is 0 Å². The predicted molar refractivity (Wildman–Crippen MR) is 71.0 cm³/mol. The lowest BCUT2D eigenvalue weighted by Gasteiger charge is -2.30. The van der Waals surface area contributed by atoms with Crippen molar-refractivity contribution in [3.05, 3.63) is 17.5 Å². The standard InChI is InChI=1S/C14H26N2O/c1-5-7-8-14(6-2,11-17)10-13-9-12(3)15-16(13)4/h9,17H,5-8,10-11H2,1-4H3. The first kappa shape index (κ1) is 14.2. The fourth-order valence-corrected chi connectivity index (χ4v) is 2.40. The fourth-order valence-electron chi connectivity index (χ4n) is 2.40. The van der Waals surface area contributed by atoms with Crippen molar-refractivity contribution in [2.75, 3.05) is 6.61 Å². The van der Waals surface area contributed by atoms with Gasteiger partial charge in [-0.2, -0.15) is 5.10 Å². The molecule has 1 N–H and O–H groups in total. The Morgan fingerprint density at radius 2 is 2.12 bits per heavy atom. The van der Waals surface area contributed by atoms with E-state index in [9.17, 15) is 5.11 Å². The summed E-state index contributed by atoms with van der Waals surface area (Å²) in [6.07, 6.45) is 5.42. The largest absolute Gasteiger partial charge is 0.396 e. The molecule has 0 fully saturated rings. The zero-order chi connectivity index (χ0) is 12.9. The summed E-state index contributed by atoms with van der Waals surface area (Å²) in [6, 6.07) is 2.13. The number of aliphatic hydroxyl groups excluding tert-OH is 1. The minimum Gasteiger partial charge on any atom is -0.396 e. The average Bonchev–Trinajstić information content (AvgIpc) is 2.63. The second-order valence-electron chi connectivity index (χ2n) is 5.19. The van der Waals surface area contributed by atoms with Crippen molar-refractivity contribution in [1.29, 1.82) is 0 Å². The van der Waals surface area contributed by atoms with Crippen LogP contribution in [0.1, 0.15) is 50.9 Å². The van der Waals surface area contributed by atoms with E-state index >= 15 is 0 Å². The van der Waals surface area contributed by atoms with Gasteiger partial charge in [0.15, 0.2) is 0 Å². The van der Waals surface area contributed by atoms with Crippen molar-refractivity contribution >= 4 is 0 Å². The molecule has 0 aromatic carbocycles. The molecule has 1 heterocycles. The first-order valence-corrected chi connectivity index (χ1v) is 6.67. The molecule has 0 saturated heterocycles. The Labute approximate surface area is 105 Å². The van der Waals surface area contributed by atoms with E-state index in [1.165, 1.54) is 18.5 Å². The van der Waals surface area contributed by atoms with Crippen molar-refractivity contribution in [2.24, 2.45) is 12.5 Å². The zero-order valence-corrected chi connectivity index (χ0v) is 11.7. The zero-order valence-electron chi connectivity index (χ0n) is 11.7. The van der Waals surface area contributed by atoms with Crippen LogP contribution < -0.4 is 0 Å². The maximum atomic E-state index is 9.73. The van der Waals surface area contributed by atoms with Crippen LogP contribution in [-0.4, -0.2) is 21.5 Å². The van der Waals surface area contributed by atoms with Crippen molar-refractivity contribution in [2.45, 2.75) is 52.9 Å². The Morgan fingerprint density at radius 1 is 1.41 bits per heavy atom. The molecule has 0 aliphatic carbocycles.